The number of piperazine rings is 1. The molecule has 1 aromatic heterocycles. The molecule has 3 rings (SSSR count). The Morgan fingerprint density at radius 1 is 1.10 bits per heavy atom. The molecule has 1 N–H and O–H groups in total. The van der Waals surface area contributed by atoms with Gasteiger partial charge in [0.1, 0.15) is 24.5 Å². The lowest BCUT2D eigenvalue weighted by atomic mass is 10.3. The van der Waals surface area contributed by atoms with Crippen LogP contribution in [0.15, 0.2) is 41.7 Å². The van der Waals surface area contributed by atoms with Gasteiger partial charge in [-0.1, -0.05) is 32.0 Å². The van der Waals surface area contributed by atoms with Gasteiger partial charge in [-0.3, -0.25) is 9.89 Å². The van der Waals surface area contributed by atoms with Gasteiger partial charge in [0.2, 0.25) is 0 Å². The van der Waals surface area contributed by atoms with Crippen molar-refractivity contribution in [1.82, 2.24) is 29.9 Å². The predicted molar refractivity (Wildman–Crippen MR) is 135 cm³/mol. The Morgan fingerprint density at radius 2 is 1.87 bits per heavy atom. The van der Waals surface area contributed by atoms with Crippen molar-refractivity contribution < 1.29 is 4.74 Å². The molecule has 31 heavy (non-hydrogen) atoms. The highest BCUT2D eigenvalue weighted by molar-refractivity contribution is 14.0. The van der Waals surface area contributed by atoms with Crippen LogP contribution in [0.2, 0.25) is 0 Å². The molecule has 1 saturated heterocycles. The number of para-hydroxylation sites is 1. The molecule has 172 valence electrons. The first kappa shape index (κ1) is 25.4. The third-order valence-electron chi connectivity index (χ3n) is 5.22. The van der Waals surface area contributed by atoms with E-state index in [-0.39, 0.29) is 24.0 Å². The molecule has 8 nitrogen and oxygen atoms in total. The number of hydrogen-bond donors (Lipinski definition) is 1. The lowest BCUT2D eigenvalue weighted by Gasteiger charge is -2.36. The minimum absolute atomic E-state index is 0. The maximum Gasteiger partial charge on any atom is 0.194 e. The molecule has 0 spiro atoms. The number of halogens is 1. The lowest BCUT2D eigenvalue weighted by molar-refractivity contribution is 0.152. The SMILES string of the molecule is CCCN=C(NCCn1cnnc1CC)N1CCN(CCOc2ccccc2)CC1.I. The van der Waals surface area contributed by atoms with Crippen LogP contribution in [0.1, 0.15) is 26.1 Å². The number of hydrogen-bond acceptors (Lipinski definition) is 5. The summed E-state index contributed by atoms with van der Waals surface area (Å²) in [6.07, 6.45) is 3.75. The second kappa shape index (κ2) is 14.2. The number of benzene rings is 1. The van der Waals surface area contributed by atoms with E-state index in [0.717, 1.165) is 89.3 Å². The topological polar surface area (TPSA) is 70.8 Å². The minimum Gasteiger partial charge on any atom is -0.492 e. The van der Waals surface area contributed by atoms with E-state index in [0.29, 0.717) is 0 Å². The van der Waals surface area contributed by atoms with Crippen molar-refractivity contribution in [1.29, 1.82) is 0 Å². The summed E-state index contributed by atoms with van der Waals surface area (Å²) in [7, 11) is 0. The lowest BCUT2D eigenvalue weighted by Crippen LogP contribution is -2.53. The highest BCUT2D eigenvalue weighted by Gasteiger charge is 2.19. The van der Waals surface area contributed by atoms with Crippen molar-refractivity contribution in [2.24, 2.45) is 4.99 Å². The number of nitrogens with zero attached hydrogens (tertiary/aromatic N) is 6. The summed E-state index contributed by atoms with van der Waals surface area (Å²) in [4.78, 5) is 9.63. The molecule has 1 fully saturated rings. The van der Waals surface area contributed by atoms with Crippen molar-refractivity contribution in [2.45, 2.75) is 33.2 Å². The summed E-state index contributed by atoms with van der Waals surface area (Å²) in [5.74, 6) is 2.98. The van der Waals surface area contributed by atoms with Crippen molar-refractivity contribution >= 4 is 29.9 Å². The van der Waals surface area contributed by atoms with Gasteiger partial charge < -0.3 is 19.5 Å². The molecular weight excluding hydrogens is 505 g/mol. The highest BCUT2D eigenvalue weighted by atomic mass is 127. The molecule has 9 heteroatoms. The average Bonchev–Trinajstić information content (AvgIpc) is 3.25. The zero-order valence-corrected chi connectivity index (χ0v) is 21.1. The van der Waals surface area contributed by atoms with Crippen molar-refractivity contribution in [3.05, 3.63) is 42.5 Å². The Balaban J connectivity index is 0.00000341. The van der Waals surface area contributed by atoms with Crippen LogP contribution in [0, 0.1) is 0 Å². The average molecular weight is 541 g/mol. The highest BCUT2D eigenvalue weighted by Crippen LogP contribution is 2.09. The molecule has 0 bridgehead atoms. The molecule has 0 unspecified atom stereocenters. The number of nitrogens with one attached hydrogen (secondary N) is 1. The summed E-state index contributed by atoms with van der Waals surface area (Å²) < 4.78 is 7.95. The molecule has 0 radical (unpaired) electrons. The van der Waals surface area contributed by atoms with Crippen LogP contribution < -0.4 is 10.1 Å². The van der Waals surface area contributed by atoms with E-state index in [2.05, 4.69) is 43.7 Å². The summed E-state index contributed by atoms with van der Waals surface area (Å²) in [6.45, 7) is 12.5. The smallest absolute Gasteiger partial charge is 0.194 e. The van der Waals surface area contributed by atoms with Gasteiger partial charge in [-0.05, 0) is 18.6 Å². The number of aliphatic imine (C=N–C) groups is 1. The first-order valence-electron chi connectivity index (χ1n) is 11.1. The molecule has 1 aliphatic heterocycles. The third-order valence-corrected chi connectivity index (χ3v) is 5.22. The standard InChI is InChI=1S/C22H35N7O.HI/c1-3-10-23-22(24-11-12-29-19-25-26-21(29)4-2)28-15-13-27(14-16-28)17-18-30-20-8-6-5-7-9-20;/h5-9,19H,3-4,10-18H2,1-2H3,(H,23,24);1H. The summed E-state index contributed by atoms with van der Waals surface area (Å²) in [6, 6.07) is 10.0. The molecule has 1 aliphatic rings. The fourth-order valence-electron chi connectivity index (χ4n) is 3.51. The zero-order chi connectivity index (χ0) is 21.0. The second-order valence-corrected chi connectivity index (χ2v) is 7.42. The fraction of sp³-hybridized carbons (Fsp3) is 0.591. The van der Waals surface area contributed by atoms with E-state index < -0.39 is 0 Å². The van der Waals surface area contributed by atoms with Gasteiger partial charge in [0.25, 0.3) is 0 Å². The van der Waals surface area contributed by atoms with Crippen molar-refractivity contribution in [3.8, 4) is 5.75 Å². The van der Waals surface area contributed by atoms with E-state index in [4.69, 9.17) is 9.73 Å². The van der Waals surface area contributed by atoms with E-state index in [1.165, 1.54) is 0 Å². The molecule has 1 aromatic carbocycles. The molecule has 0 aliphatic carbocycles. The van der Waals surface area contributed by atoms with E-state index in [9.17, 15) is 0 Å². The van der Waals surface area contributed by atoms with Crippen molar-refractivity contribution in [3.63, 3.8) is 0 Å². The maximum absolute atomic E-state index is 5.84. The second-order valence-electron chi connectivity index (χ2n) is 7.42. The molecular formula is C22H36IN7O. The van der Waals surface area contributed by atoms with Gasteiger partial charge in [0, 0.05) is 58.8 Å². The summed E-state index contributed by atoms with van der Waals surface area (Å²) in [5.41, 5.74) is 0. The van der Waals surface area contributed by atoms with Gasteiger partial charge in [-0.15, -0.1) is 34.2 Å². The molecule has 0 saturated carbocycles. The van der Waals surface area contributed by atoms with Crippen LogP contribution >= 0.6 is 24.0 Å². The Kier molecular flexibility index (Phi) is 11.7. The monoisotopic (exact) mass is 541 g/mol. The first-order valence-corrected chi connectivity index (χ1v) is 11.1. The van der Waals surface area contributed by atoms with Crippen LogP contribution in [0.25, 0.3) is 0 Å². The van der Waals surface area contributed by atoms with Crippen LogP contribution in [-0.4, -0.2) is 82.9 Å². The van der Waals surface area contributed by atoms with E-state index in [1.54, 1.807) is 6.33 Å². The third kappa shape index (κ3) is 8.29. The zero-order valence-electron chi connectivity index (χ0n) is 18.7. The van der Waals surface area contributed by atoms with Crippen LogP contribution in [0.3, 0.4) is 0 Å². The Labute approximate surface area is 203 Å². The number of aromatic nitrogens is 3. The van der Waals surface area contributed by atoms with E-state index >= 15 is 0 Å². The van der Waals surface area contributed by atoms with E-state index in [1.807, 2.05) is 30.3 Å². The quantitative estimate of drug-likeness (QED) is 0.283. The number of aryl methyl sites for hydroxylation is 1. The van der Waals surface area contributed by atoms with Gasteiger partial charge in [0.05, 0.1) is 0 Å². The van der Waals surface area contributed by atoms with Crippen LogP contribution in [0.5, 0.6) is 5.75 Å². The Morgan fingerprint density at radius 3 is 2.58 bits per heavy atom. The predicted octanol–water partition coefficient (Wildman–Crippen LogP) is 2.51. The fourth-order valence-corrected chi connectivity index (χ4v) is 3.51. The summed E-state index contributed by atoms with van der Waals surface area (Å²) in [5, 5.41) is 11.7. The van der Waals surface area contributed by atoms with Gasteiger partial charge in [0.15, 0.2) is 5.96 Å². The van der Waals surface area contributed by atoms with Crippen LogP contribution in [0.4, 0.5) is 0 Å². The molecule has 0 amide bonds. The van der Waals surface area contributed by atoms with Crippen LogP contribution in [-0.2, 0) is 13.0 Å². The number of guanidine groups is 1. The normalized spacial score (nSPS) is 14.9. The Hall–Kier alpha value is -1.88. The maximum atomic E-state index is 5.84. The molecule has 0 atom stereocenters. The van der Waals surface area contributed by atoms with Gasteiger partial charge >= 0.3 is 0 Å². The largest absolute Gasteiger partial charge is 0.492 e. The molecule has 2 aromatic rings. The summed E-state index contributed by atoms with van der Waals surface area (Å²) >= 11 is 0. The minimum atomic E-state index is 0. The van der Waals surface area contributed by atoms with Gasteiger partial charge in [-0.2, -0.15) is 0 Å². The van der Waals surface area contributed by atoms with Gasteiger partial charge in [-0.25, -0.2) is 0 Å². The number of rotatable bonds is 10. The molecule has 2 heterocycles. The first-order chi connectivity index (χ1) is 14.8. The number of ether oxygens (including phenoxy) is 1. The Bertz CT molecular complexity index is 760. The van der Waals surface area contributed by atoms with Crippen molar-refractivity contribution in [2.75, 3.05) is 52.4 Å².